The van der Waals surface area contributed by atoms with E-state index >= 15 is 0 Å². The third kappa shape index (κ3) is 3.82. The van der Waals surface area contributed by atoms with Gasteiger partial charge in [0.1, 0.15) is 5.82 Å². The molecule has 8 heteroatoms. The largest absolute Gasteiger partial charge is 0.423 e. The van der Waals surface area contributed by atoms with Crippen molar-refractivity contribution < 1.29 is 22.7 Å². The van der Waals surface area contributed by atoms with Crippen molar-refractivity contribution >= 4 is 16.6 Å². The van der Waals surface area contributed by atoms with Crippen LogP contribution in [-0.4, -0.2) is 27.6 Å². The van der Waals surface area contributed by atoms with Crippen LogP contribution in [0.1, 0.15) is 16.7 Å². The number of halogens is 4. The van der Waals surface area contributed by atoms with Crippen LogP contribution in [0.25, 0.3) is 16.6 Å². The molecular weight excluding hydrogens is 422 g/mol. The van der Waals surface area contributed by atoms with Crippen LogP contribution in [-0.2, 0) is 5.60 Å². The van der Waals surface area contributed by atoms with Gasteiger partial charge in [-0.25, -0.2) is 9.07 Å². The predicted octanol–water partition coefficient (Wildman–Crippen LogP) is 5.64. The maximum atomic E-state index is 14.1. The lowest BCUT2D eigenvalue weighted by molar-refractivity contribution is -0.260. The summed E-state index contributed by atoms with van der Waals surface area (Å²) < 4.78 is 56.9. The Kier molecular flexibility index (Phi) is 5.42. The molecule has 4 nitrogen and oxygen atoms in total. The van der Waals surface area contributed by atoms with E-state index in [4.69, 9.17) is 0 Å². The van der Waals surface area contributed by atoms with Gasteiger partial charge in [0.2, 0.25) is 5.60 Å². The number of para-hydroxylation sites is 1. The van der Waals surface area contributed by atoms with Gasteiger partial charge in [-0.1, -0.05) is 24.3 Å². The zero-order valence-electron chi connectivity index (χ0n) is 17.4. The summed E-state index contributed by atoms with van der Waals surface area (Å²) in [4.78, 5) is 0. The Hall–Kier alpha value is -3.39. The normalized spacial score (nSPS) is 13.8. The maximum Gasteiger partial charge on any atom is 0.423 e. The van der Waals surface area contributed by atoms with Gasteiger partial charge in [0, 0.05) is 11.1 Å². The third-order valence-corrected chi connectivity index (χ3v) is 5.59. The number of hydrogen-bond donors (Lipinski definition) is 2. The van der Waals surface area contributed by atoms with Crippen LogP contribution in [0.2, 0.25) is 0 Å². The van der Waals surface area contributed by atoms with Crippen LogP contribution in [0.3, 0.4) is 0 Å². The Bertz CT molecular complexity index is 1240. The second-order valence-electron chi connectivity index (χ2n) is 7.78. The van der Waals surface area contributed by atoms with Crippen LogP contribution in [0, 0.1) is 19.7 Å². The van der Waals surface area contributed by atoms with Crippen molar-refractivity contribution in [2.75, 3.05) is 11.9 Å². The minimum atomic E-state index is -4.92. The van der Waals surface area contributed by atoms with Crippen molar-refractivity contribution in [3.63, 3.8) is 0 Å². The molecule has 0 aliphatic heterocycles. The summed E-state index contributed by atoms with van der Waals surface area (Å²) in [6, 6.07) is 15.0. The number of alkyl halides is 3. The molecule has 0 saturated carbocycles. The molecule has 0 amide bonds. The highest BCUT2D eigenvalue weighted by atomic mass is 19.4. The van der Waals surface area contributed by atoms with E-state index in [0.29, 0.717) is 22.3 Å². The van der Waals surface area contributed by atoms with Crippen LogP contribution in [0.15, 0.2) is 66.9 Å². The summed E-state index contributed by atoms with van der Waals surface area (Å²) in [5.74, 6) is -0.404. The van der Waals surface area contributed by atoms with Crippen molar-refractivity contribution in [3.05, 3.63) is 89.4 Å². The summed E-state index contributed by atoms with van der Waals surface area (Å²) >= 11 is 0. The molecular formula is C24H21F4N3O. The first-order valence-electron chi connectivity index (χ1n) is 9.93. The first kappa shape index (κ1) is 21.8. The highest BCUT2D eigenvalue weighted by Gasteiger charge is 2.55. The van der Waals surface area contributed by atoms with E-state index in [9.17, 15) is 22.7 Å². The quantitative estimate of drug-likeness (QED) is 0.392. The SMILES string of the molecule is Cc1cccc(C)c1NCC(O)(c1ccc2c(cnn2-c2ccc(F)cc2)c1)C(F)(F)F. The topological polar surface area (TPSA) is 50.1 Å². The third-order valence-electron chi connectivity index (χ3n) is 5.59. The average molecular weight is 443 g/mol. The van der Waals surface area contributed by atoms with E-state index in [1.165, 1.54) is 53.3 Å². The molecule has 0 saturated heterocycles. The highest BCUT2D eigenvalue weighted by molar-refractivity contribution is 5.81. The minimum absolute atomic E-state index is 0.296. The van der Waals surface area contributed by atoms with E-state index in [1.54, 1.807) is 26.0 Å². The number of aliphatic hydroxyl groups is 1. The Labute approximate surface area is 182 Å². The number of nitrogens with zero attached hydrogens (tertiary/aromatic N) is 2. The van der Waals surface area contributed by atoms with Crippen LogP contribution in [0.5, 0.6) is 0 Å². The van der Waals surface area contributed by atoms with Crippen LogP contribution in [0.4, 0.5) is 23.2 Å². The number of benzene rings is 3. The number of anilines is 1. The molecule has 1 unspecified atom stereocenters. The zero-order valence-corrected chi connectivity index (χ0v) is 17.4. The molecule has 32 heavy (non-hydrogen) atoms. The van der Waals surface area contributed by atoms with Gasteiger partial charge in [-0.2, -0.15) is 18.3 Å². The molecule has 1 atom stereocenters. The lowest BCUT2D eigenvalue weighted by Crippen LogP contribution is -2.47. The number of hydrogen-bond acceptors (Lipinski definition) is 3. The Balaban J connectivity index is 1.72. The summed E-state index contributed by atoms with van der Waals surface area (Å²) in [6.45, 7) is 2.83. The number of aryl methyl sites for hydroxylation is 2. The van der Waals surface area contributed by atoms with Crippen molar-refractivity contribution in [2.24, 2.45) is 0 Å². The predicted molar refractivity (Wildman–Crippen MR) is 115 cm³/mol. The summed E-state index contributed by atoms with van der Waals surface area (Å²) in [6.07, 6.45) is -3.50. The second kappa shape index (κ2) is 7.94. The van der Waals surface area contributed by atoms with Gasteiger partial charge in [0.25, 0.3) is 0 Å². The molecule has 4 rings (SSSR count). The van der Waals surface area contributed by atoms with Gasteiger partial charge in [-0.15, -0.1) is 0 Å². The first-order valence-corrected chi connectivity index (χ1v) is 9.93. The average Bonchev–Trinajstić information content (AvgIpc) is 3.16. The molecule has 4 aromatic rings. The molecule has 0 aliphatic carbocycles. The fraction of sp³-hybridized carbons (Fsp3) is 0.208. The van der Waals surface area contributed by atoms with Gasteiger partial charge in [-0.3, -0.25) is 0 Å². The van der Waals surface area contributed by atoms with E-state index < -0.39 is 24.1 Å². The Morgan fingerprint density at radius 3 is 2.25 bits per heavy atom. The van der Waals surface area contributed by atoms with Gasteiger partial charge in [-0.05, 0) is 66.9 Å². The van der Waals surface area contributed by atoms with Gasteiger partial charge < -0.3 is 10.4 Å². The summed E-state index contributed by atoms with van der Waals surface area (Å²) in [5, 5.41) is 18.2. The molecule has 1 aromatic heterocycles. The van der Waals surface area contributed by atoms with E-state index in [-0.39, 0.29) is 5.56 Å². The number of aromatic nitrogens is 2. The Morgan fingerprint density at radius 2 is 1.62 bits per heavy atom. The fourth-order valence-corrected chi connectivity index (χ4v) is 3.75. The van der Waals surface area contributed by atoms with Gasteiger partial charge in [0.15, 0.2) is 0 Å². The van der Waals surface area contributed by atoms with E-state index in [1.807, 2.05) is 6.07 Å². The molecule has 0 aliphatic rings. The lowest BCUT2D eigenvalue weighted by atomic mass is 9.91. The molecule has 2 N–H and O–H groups in total. The van der Waals surface area contributed by atoms with Crippen LogP contribution < -0.4 is 5.32 Å². The second-order valence-corrected chi connectivity index (χ2v) is 7.78. The molecule has 1 heterocycles. The van der Waals surface area contributed by atoms with Gasteiger partial charge in [0.05, 0.1) is 23.9 Å². The first-order chi connectivity index (χ1) is 15.1. The molecule has 0 spiro atoms. The standard InChI is InChI=1S/C24H21F4N3O/c1-15-4-3-5-16(2)22(15)29-14-23(32,24(26,27)28)18-6-11-21-17(12-18)13-30-31(21)20-9-7-19(25)8-10-20/h3-13,29,32H,14H2,1-2H3. The summed E-state index contributed by atoms with van der Waals surface area (Å²) in [7, 11) is 0. The smallest absolute Gasteiger partial charge is 0.381 e. The van der Waals surface area contributed by atoms with E-state index in [2.05, 4.69) is 10.4 Å². The minimum Gasteiger partial charge on any atom is -0.381 e. The van der Waals surface area contributed by atoms with Crippen molar-refractivity contribution in [1.29, 1.82) is 0 Å². The van der Waals surface area contributed by atoms with E-state index in [0.717, 1.165) is 11.1 Å². The molecule has 0 fully saturated rings. The number of rotatable bonds is 5. The van der Waals surface area contributed by atoms with Gasteiger partial charge >= 0.3 is 6.18 Å². The number of fused-ring (bicyclic) bond motifs is 1. The molecule has 0 radical (unpaired) electrons. The fourth-order valence-electron chi connectivity index (χ4n) is 3.75. The van der Waals surface area contributed by atoms with Crippen molar-refractivity contribution in [3.8, 4) is 5.69 Å². The molecule has 0 bridgehead atoms. The van der Waals surface area contributed by atoms with Crippen molar-refractivity contribution in [2.45, 2.75) is 25.6 Å². The highest BCUT2D eigenvalue weighted by Crippen LogP contribution is 2.40. The number of nitrogens with one attached hydrogen (secondary N) is 1. The molecule has 3 aromatic carbocycles. The Morgan fingerprint density at radius 1 is 0.969 bits per heavy atom. The lowest BCUT2D eigenvalue weighted by Gasteiger charge is -2.32. The summed E-state index contributed by atoms with van der Waals surface area (Å²) in [5.41, 5.74) is -0.190. The molecule has 166 valence electrons. The van der Waals surface area contributed by atoms with Crippen molar-refractivity contribution in [1.82, 2.24) is 9.78 Å². The maximum absolute atomic E-state index is 14.1. The van der Waals surface area contributed by atoms with Crippen LogP contribution >= 0.6 is 0 Å². The zero-order chi connectivity index (χ0) is 23.1. The monoisotopic (exact) mass is 443 g/mol.